The van der Waals surface area contributed by atoms with E-state index in [9.17, 15) is 4.79 Å². The second kappa shape index (κ2) is 6.43. The van der Waals surface area contributed by atoms with Crippen LogP contribution in [0.4, 0.5) is 0 Å². The molecule has 0 aromatic carbocycles. The van der Waals surface area contributed by atoms with Crippen LogP contribution in [-0.2, 0) is 4.79 Å². The van der Waals surface area contributed by atoms with Gasteiger partial charge in [0, 0.05) is 0 Å². The van der Waals surface area contributed by atoms with Crippen LogP contribution in [-0.4, -0.2) is 18.6 Å². The van der Waals surface area contributed by atoms with Gasteiger partial charge in [0.15, 0.2) is 0 Å². The SMILES string of the molecule is CCC=C(CC(N)C=O)SC. The predicted molar refractivity (Wildman–Crippen MR) is 50.5 cm³/mol. The number of hydrogen-bond donors (Lipinski definition) is 1. The zero-order chi connectivity index (χ0) is 8.69. The topological polar surface area (TPSA) is 43.1 Å². The smallest absolute Gasteiger partial charge is 0.137 e. The molecule has 1 atom stereocenters. The standard InChI is InChI=1S/C8H15NOS/c1-3-4-8(11-2)5-7(9)6-10/h4,6-7H,3,5,9H2,1-2H3. The molecule has 2 N–H and O–H groups in total. The lowest BCUT2D eigenvalue weighted by Crippen LogP contribution is -2.21. The summed E-state index contributed by atoms with van der Waals surface area (Å²) in [5.74, 6) is 0. The monoisotopic (exact) mass is 173 g/mol. The molecule has 0 saturated heterocycles. The van der Waals surface area contributed by atoms with E-state index in [0.717, 1.165) is 12.7 Å². The second-order valence-electron chi connectivity index (χ2n) is 2.29. The Labute approximate surface area is 72.2 Å². The summed E-state index contributed by atoms with van der Waals surface area (Å²) >= 11 is 1.66. The molecule has 3 heteroatoms. The number of carbonyl (C=O) groups is 1. The van der Waals surface area contributed by atoms with Gasteiger partial charge in [-0.25, -0.2) is 0 Å². The van der Waals surface area contributed by atoms with Crippen molar-refractivity contribution >= 4 is 18.0 Å². The molecule has 0 spiro atoms. The zero-order valence-electron chi connectivity index (χ0n) is 7.04. The van der Waals surface area contributed by atoms with E-state index in [1.807, 2.05) is 6.26 Å². The van der Waals surface area contributed by atoms with Gasteiger partial charge in [-0.15, -0.1) is 11.8 Å². The summed E-state index contributed by atoms with van der Waals surface area (Å²) in [6.07, 6.45) is 6.58. The van der Waals surface area contributed by atoms with Crippen molar-refractivity contribution in [1.29, 1.82) is 0 Å². The third-order valence-electron chi connectivity index (χ3n) is 1.31. The van der Waals surface area contributed by atoms with Crippen LogP contribution in [0.15, 0.2) is 11.0 Å². The van der Waals surface area contributed by atoms with E-state index in [-0.39, 0.29) is 6.04 Å². The van der Waals surface area contributed by atoms with Gasteiger partial charge in [-0.2, -0.15) is 0 Å². The van der Waals surface area contributed by atoms with Gasteiger partial charge in [0.2, 0.25) is 0 Å². The summed E-state index contributed by atoms with van der Waals surface area (Å²) in [4.78, 5) is 11.4. The number of nitrogens with two attached hydrogens (primary N) is 1. The highest BCUT2D eigenvalue weighted by molar-refractivity contribution is 8.02. The average Bonchev–Trinajstić information content (AvgIpc) is 2.03. The van der Waals surface area contributed by atoms with Crippen LogP contribution < -0.4 is 5.73 Å². The summed E-state index contributed by atoms with van der Waals surface area (Å²) in [7, 11) is 0. The maximum absolute atomic E-state index is 10.2. The molecule has 0 aromatic heterocycles. The largest absolute Gasteiger partial charge is 0.321 e. The summed E-state index contributed by atoms with van der Waals surface area (Å²) in [5.41, 5.74) is 5.46. The molecular formula is C8H15NOS. The number of carbonyl (C=O) groups excluding carboxylic acids is 1. The number of hydrogen-bond acceptors (Lipinski definition) is 3. The van der Waals surface area contributed by atoms with Crippen molar-refractivity contribution in [1.82, 2.24) is 0 Å². The summed E-state index contributed by atoms with van der Waals surface area (Å²) in [6, 6.07) is -0.333. The van der Waals surface area contributed by atoms with E-state index in [2.05, 4.69) is 13.0 Å². The van der Waals surface area contributed by atoms with E-state index >= 15 is 0 Å². The first kappa shape index (κ1) is 10.7. The fourth-order valence-corrected chi connectivity index (χ4v) is 1.45. The van der Waals surface area contributed by atoms with Crippen LogP contribution >= 0.6 is 11.8 Å². The van der Waals surface area contributed by atoms with Gasteiger partial charge < -0.3 is 10.5 Å². The Morgan fingerprint density at radius 3 is 2.73 bits per heavy atom. The summed E-state index contributed by atoms with van der Waals surface area (Å²) in [6.45, 7) is 2.07. The predicted octanol–water partition coefficient (Wildman–Crippen LogP) is 1.56. The lowest BCUT2D eigenvalue weighted by molar-refractivity contribution is -0.108. The minimum Gasteiger partial charge on any atom is -0.321 e. The number of rotatable bonds is 5. The Morgan fingerprint density at radius 1 is 1.73 bits per heavy atom. The van der Waals surface area contributed by atoms with Crippen molar-refractivity contribution in [2.45, 2.75) is 25.8 Å². The highest BCUT2D eigenvalue weighted by atomic mass is 32.2. The number of aldehydes is 1. The summed E-state index contributed by atoms with van der Waals surface area (Å²) < 4.78 is 0. The van der Waals surface area contributed by atoms with E-state index in [0.29, 0.717) is 6.42 Å². The Balaban J connectivity index is 3.86. The molecule has 0 aliphatic rings. The molecule has 2 nitrogen and oxygen atoms in total. The molecule has 0 aromatic rings. The maximum Gasteiger partial charge on any atom is 0.137 e. The van der Waals surface area contributed by atoms with Gasteiger partial charge in [-0.1, -0.05) is 13.0 Å². The Hall–Kier alpha value is -0.280. The minimum atomic E-state index is -0.333. The first-order valence-electron chi connectivity index (χ1n) is 3.68. The van der Waals surface area contributed by atoms with Crippen molar-refractivity contribution in [3.63, 3.8) is 0 Å². The first-order valence-corrected chi connectivity index (χ1v) is 4.91. The van der Waals surface area contributed by atoms with Crippen LogP contribution in [0.5, 0.6) is 0 Å². The molecule has 0 rings (SSSR count). The molecule has 0 saturated carbocycles. The molecule has 0 amide bonds. The molecule has 11 heavy (non-hydrogen) atoms. The van der Waals surface area contributed by atoms with Crippen LogP contribution in [0.25, 0.3) is 0 Å². The first-order chi connectivity index (χ1) is 5.24. The molecular weight excluding hydrogens is 158 g/mol. The van der Waals surface area contributed by atoms with Crippen LogP contribution in [0.3, 0.4) is 0 Å². The highest BCUT2D eigenvalue weighted by Crippen LogP contribution is 2.17. The third-order valence-corrected chi connectivity index (χ3v) is 2.16. The molecule has 64 valence electrons. The lowest BCUT2D eigenvalue weighted by atomic mass is 10.2. The molecule has 0 heterocycles. The van der Waals surface area contributed by atoms with Crippen molar-refractivity contribution in [2.75, 3.05) is 6.26 Å². The molecule has 0 aliphatic heterocycles. The minimum absolute atomic E-state index is 0.333. The van der Waals surface area contributed by atoms with Crippen molar-refractivity contribution in [2.24, 2.45) is 5.73 Å². The Bertz CT molecular complexity index is 145. The third kappa shape index (κ3) is 5.04. The van der Waals surface area contributed by atoms with Crippen molar-refractivity contribution < 1.29 is 4.79 Å². The molecule has 0 bridgehead atoms. The van der Waals surface area contributed by atoms with E-state index in [1.54, 1.807) is 11.8 Å². The second-order valence-corrected chi connectivity index (χ2v) is 3.22. The van der Waals surface area contributed by atoms with Crippen molar-refractivity contribution in [3.8, 4) is 0 Å². The molecule has 0 radical (unpaired) electrons. The molecule has 1 unspecified atom stereocenters. The van der Waals surface area contributed by atoms with E-state index < -0.39 is 0 Å². The Kier molecular flexibility index (Phi) is 6.27. The van der Waals surface area contributed by atoms with E-state index in [1.165, 1.54) is 4.91 Å². The van der Waals surface area contributed by atoms with Gasteiger partial charge in [0.05, 0.1) is 6.04 Å². The quantitative estimate of drug-likeness (QED) is 0.642. The van der Waals surface area contributed by atoms with Crippen LogP contribution in [0, 0.1) is 0 Å². The van der Waals surface area contributed by atoms with Gasteiger partial charge in [0.25, 0.3) is 0 Å². The lowest BCUT2D eigenvalue weighted by Gasteiger charge is -2.05. The fourth-order valence-electron chi connectivity index (χ4n) is 0.758. The maximum atomic E-state index is 10.2. The van der Waals surface area contributed by atoms with Crippen LogP contribution in [0.2, 0.25) is 0 Å². The van der Waals surface area contributed by atoms with Gasteiger partial charge in [-0.3, -0.25) is 0 Å². The zero-order valence-corrected chi connectivity index (χ0v) is 7.86. The van der Waals surface area contributed by atoms with E-state index in [4.69, 9.17) is 5.73 Å². The molecule has 0 fully saturated rings. The average molecular weight is 173 g/mol. The van der Waals surface area contributed by atoms with Gasteiger partial charge >= 0.3 is 0 Å². The highest BCUT2D eigenvalue weighted by Gasteiger charge is 2.02. The summed E-state index contributed by atoms with van der Waals surface area (Å²) in [5, 5.41) is 0. The normalized spacial score (nSPS) is 14.6. The van der Waals surface area contributed by atoms with Gasteiger partial charge in [0.1, 0.15) is 6.29 Å². The number of allylic oxidation sites excluding steroid dienone is 1. The number of thioether (sulfide) groups is 1. The van der Waals surface area contributed by atoms with Gasteiger partial charge in [-0.05, 0) is 24.0 Å². The van der Waals surface area contributed by atoms with Crippen LogP contribution in [0.1, 0.15) is 19.8 Å². The fraction of sp³-hybridized carbons (Fsp3) is 0.625. The Morgan fingerprint density at radius 2 is 2.36 bits per heavy atom. The van der Waals surface area contributed by atoms with Crippen molar-refractivity contribution in [3.05, 3.63) is 11.0 Å². The molecule has 0 aliphatic carbocycles.